The van der Waals surface area contributed by atoms with Crippen LogP contribution in [0, 0.1) is 17.3 Å². The zero-order chi connectivity index (χ0) is 13.7. The zero-order valence-corrected chi connectivity index (χ0v) is 12.1. The number of carbonyl (C=O) groups excluding carboxylic acids is 1. The molecule has 0 bridgehead atoms. The van der Waals surface area contributed by atoms with Gasteiger partial charge in [-0.05, 0) is 26.2 Å². The van der Waals surface area contributed by atoms with Crippen molar-refractivity contribution in [1.29, 1.82) is 0 Å². The average molecular weight is 254 g/mol. The van der Waals surface area contributed by atoms with Crippen LogP contribution in [0.4, 0.5) is 0 Å². The summed E-state index contributed by atoms with van der Waals surface area (Å²) in [5, 5.41) is 3.16. The lowest BCUT2D eigenvalue weighted by atomic mass is 9.63. The van der Waals surface area contributed by atoms with E-state index in [0.29, 0.717) is 0 Å². The molecular formula is C14H26N2O2. The van der Waals surface area contributed by atoms with Gasteiger partial charge >= 0.3 is 0 Å². The average Bonchev–Trinajstić information content (AvgIpc) is 2.52. The second kappa shape index (κ2) is 4.49. The first-order valence-electron chi connectivity index (χ1n) is 6.96. The lowest BCUT2D eigenvalue weighted by Gasteiger charge is -2.50. The van der Waals surface area contributed by atoms with Crippen molar-refractivity contribution in [2.75, 3.05) is 0 Å². The Hall–Kier alpha value is -0.610. The van der Waals surface area contributed by atoms with E-state index in [-0.39, 0.29) is 47.4 Å². The molecule has 6 unspecified atom stereocenters. The van der Waals surface area contributed by atoms with Gasteiger partial charge in [0.25, 0.3) is 0 Å². The first-order valence-corrected chi connectivity index (χ1v) is 6.96. The third-order valence-corrected chi connectivity index (χ3v) is 5.20. The van der Waals surface area contributed by atoms with E-state index in [2.05, 4.69) is 26.1 Å². The number of carbonyl (C=O) groups is 1. The summed E-state index contributed by atoms with van der Waals surface area (Å²) < 4.78 is 5.73. The van der Waals surface area contributed by atoms with Gasteiger partial charge in [-0.1, -0.05) is 20.8 Å². The summed E-state index contributed by atoms with van der Waals surface area (Å²) in [5.41, 5.74) is 5.98. The molecule has 18 heavy (non-hydrogen) atoms. The van der Waals surface area contributed by atoms with Crippen molar-refractivity contribution in [3.05, 3.63) is 0 Å². The highest BCUT2D eigenvalue weighted by molar-refractivity contribution is 5.80. The second-order valence-electron chi connectivity index (χ2n) is 6.66. The summed E-state index contributed by atoms with van der Waals surface area (Å²) in [7, 11) is 0. The van der Waals surface area contributed by atoms with Crippen LogP contribution >= 0.6 is 0 Å². The third-order valence-electron chi connectivity index (χ3n) is 5.20. The fourth-order valence-corrected chi connectivity index (χ4v) is 3.19. The Morgan fingerprint density at radius 3 is 2.28 bits per heavy atom. The molecule has 0 aromatic rings. The second-order valence-corrected chi connectivity index (χ2v) is 6.66. The summed E-state index contributed by atoms with van der Waals surface area (Å²) in [5.74, 6) is 0.369. The topological polar surface area (TPSA) is 64.3 Å². The van der Waals surface area contributed by atoms with Crippen LogP contribution in [0.15, 0.2) is 0 Å². The molecule has 104 valence electrons. The summed E-state index contributed by atoms with van der Waals surface area (Å²) in [6.07, 6.45) is 1.05. The molecule has 1 saturated heterocycles. The number of rotatable bonds is 2. The van der Waals surface area contributed by atoms with Crippen molar-refractivity contribution in [1.82, 2.24) is 5.32 Å². The van der Waals surface area contributed by atoms with E-state index in [9.17, 15) is 4.79 Å². The Morgan fingerprint density at radius 1 is 1.28 bits per heavy atom. The minimum Gasteiger partial charge on any atom is -0.374 e. The SMILES string of the molecule is CC1OC(C)C(C(=O)NC2CC(N)C2(C)C)C1C. The first kappa shape index (κ1) is 13.8. The molecule has 2 fully saturated rings. The predicted octanol–water partition coefficient (Wildman–Crippen LogP) is 1.29. The van der Waals surface area contributed by atoms with Crippen molar-refractivity contribution >= 4 is 5.91 Å². The lowest BCUT2D eigenvalue weighted by Crippen LogP contribution is -2.65. The van der Waals surface area contributed by atoms with Crippen molar-refractivity contribution < 1.29 is 9.53 Å². The Morgan fingerprint density at radius 2 is 1.89 bits per heavy atom. The molecule has 2 rings (SSSR count). The number of hydrogen-bond donors (Lipinski definition) is 2. The molecule has 1 aliphatic heterocycles. The van der Waals surface area contributed by atoms with E-state index < -0.39 is 0 Å². The lowest BCUT2D eigenvalue weighted by molar-refractivity contribution is -0.130. The van der Waals surface area contributed by atoms with E-state index in [4.69, 9.17) is 10.5 Å². The van der Waals surface area contributed by atoms with Gasteiger partial charge in [0, 0.05) is 17.5 Å². The predicted molar refractivity (Wildman–Crippen MR) is 71.0 cm³/mol. The maximum Gasteiger partial charge on any atom is 0.226 e. The number of ether oxygens (including phenoxy) is 1. The van der Waals surface area contributed by atoms with E-state index in [1.54, 1.807) is 0 Å². The first-order chi connectivity index (χ1) is 8.25. The van der Waals surface area contributed by atoms with Crippen LogP contribution in [-0.2, 0) is 9.53 Å². The minimum absolute atomic E-state index is 0.00635. The van der Waals surface area contributed by atoms with Gasteiger partial charge in [0.2, 0.25) is 5.91 Å². The number of nitrogens with one attached hydrogen (secondary N) is 1. The summed E-state index contributed by atoms with van der Waals surface area (Å²) in [6, 6.07) is 0.395. The standard InChI is InChI=1S/C14H26N2O2/c1-7-8(2)18-9(3)12(7)13(17)16-11-6-10(15)14(11,4)5/h7-12H,6,15H2,1-5H3,(H,16,17). The molecule has 1 aliphatic carbocycles. The van der Waals surface area contributed by atoms with Crippen LogP contribution in [0.2, 0.25) is 0 Å². The number of amides is 1. The van der Waals surface area contributed by atoms with Gasteiger partial charge < -0.3 is 15.8 Å². The normalized spacial score (nSPS) is 46.6. The fourth-order valence-electron chi connectivity index (χ4n) is 3.19. The quantitative estimate of drug-likeness (QED) is 0.780. The van der Waals surface area contributed by atoms with Crippen molar-refractivity contribution in [2.24, 2.45) is 23.0 Å². The molecular weight excluding hydrogens is 228 g/mol. The van der Waals surface area contributed by atoms with Crippen LogP contribution in [-0.4, -0.2) is 30.2 Å². The molecule has 1 saturated carbocycles. The Labute approximate surface area is 110 Å². The smallest absolute Gasteiger partial charge is 0.226 e. The molecule has 0 aromatic carbocycles. The maximum atomic E-state index is 12.4. The Balaban J connectivity index is 1.97. The maximum absolute atomic E-state index is 12.4. The Kier molecular flexibility index (Phi) is 3.45. The summed E-state index contributed by atoms with van der Waals surface area (Å²) in [4.78, 5) is 12.4. The number of hydrogen-bond acceptors (Lipinski definition) is 3. The van der Waals surface area contributed by atoms with E-state index in [1.165, 1.54) is 0 Å². The highest BCUT2D eigenvalue weighted by Crippen LogP contribution is 2.40. The largest absolute Gasteiger partial charge is 0.374 e. The van der Waals surface area contributed by atoms with Crippen LogP contribution in [0.3, 0.4) is 0 Å². The van der Waals surface area contributed by atoms with Gasteiger partial charge in [0.1, 0.15) is 0 Å². The van der Waals surface area contributed by atoms with E-state index in [0.717, 1.165) is 6.42 Å². The van der Waals surface area contributed by atoms with Gasteiger partial charge in [-0.15, -0.1) is 0 Å². The molecule has 1 heterocycles. The summed E-state index contributed by atoms with van der Waals surface area (Å²) in [6.45, 7) is 10.4. The van der Waals surface area contributed by atoms with Crippen molar-refractivity contribution in [3.63, 3.8) is 0 Å². The van der Waals surface area contributed by atoms with Crippen LogP contribution in [0.25, 0.3) is 0 Å². The third kappa shape index (κ3) is 2.05. The van der Waals surface area contributed by atoms with Crippen molar-refractivity contribution in [3.8, 4) is 0 Å². The molecule has 6 atom stereocenters. The van der Waals surface area contributed by atoms with Gasteiger partial charge in [0.15, 0.2) is 0 Å². The highest BCUT2D eigenvalue weighted by Gasteiger charge is 2.49. The molecule has 0 radical (unpaired) electrons. The number of nitrogens with two attached hydrogens (primary N) is 1. The molecule has 4 nitrogen and oxygen atoms in total. The fraction of sp³-hybridized carbons (Fsp3) is 0.929. The van der Waals surface area contributed by atoms with Gasteiger partial charge in [0.05, 0.1) is 18.1 Å². The zero-order valence-electron chi connectivity index (χ0n) is 12.1. The van der Waals surface area contributed by atoms with Crippen molar-refractivity contribution in [2.45, 2.75) is 65.3 Å². The summed E-state index contributed by atoms with van der Waals surface area (Å²) >= 11 is 0. The molecule has 2 aliphatic rings. The monoisotopic (exact) mass is 254 g/mol. The molecule has 0 aromatic heterocycles. The Bertz CT molecular complexity index is 343. The van der Waals surface area contributed by atoms with E-state index >= 15 is 0 Å². The highest BCUT2D eigenvalue weighted by atomic mass is 16.5. The van der Waals surface area contributed by atoms with Crippen LogP contribution in [0.5, 0.6) is 0 Å². The van der Waals surface area contributed by atoms with Gasteiger partial charge in [-0.2, -0.15) is 0 Å². The van der Waals surface area contributed by atoms with Crippen LogP contribution in [0.1, 0.15) is 41.0 Å². The van der Waals surface area contributed by atoms with E-state index in [1.807, 2.05) is 13.8 Å². The minimum atomic E-state index is -0.0346. The van der Waals surface area contributed by atoms with Crippen LogP contribution < -0.4 is 11.1 Å². The molecule has 0 spiro atoms. The molecule has 4 heteroatoms. The molecule has 1 amide bonds. The molecule has 3 N–H and O–H groups in total. The van der Waals surface area contributed by atoms with Gasteiger partial charge in [-0.3, -0.25) is 4.79 Å². The van der Waals surface area contributed by atoms with Gasteiger partial charge in [-0.25, -0.2) is 0 Å².